The van der Waals surface area contributed by atoms with Gasteiger partial charge in [-0.2, -0.15) is 0 Å². The summed E-state index contributed by atoms with van der Waals surface area (Å²) in [7, 11) is 0. The van der Waals surface area contributed by atoms with Crippen LogP contribution in [0.3, 0.4) is 0 Å². The normalized spacial score (nSPS) is 12.2. The second-order valence-electron chi connectivity index (χ2n) is 4.99. The van der Waals surface area contributed by atoms with Gasteiger partial charge in [0.05, 0.1) is 5.92 Å². The molecule has 2 aromatic rings. The Kier molecular flexibility index (Phi) is 4.18. The Morgan fingerprint density at radius 3 is 2.25 bits per heavy atom. The van der Waals surface area contributed by atoms with E-state index in [4.69, 9.17) is 0 Å². The third kappa shape index (κ3) is 2.87. The molecule has 0 aromatic heterocycles. The van der Waals surface area contributed by atoms with E-state index in [0.717, 1.165) is 16.7 Å². The Morgan fingerprint density at radius 2 is 1.70 bits per heavy atom. The van der Waals surface area contributed by atoms with E-state index >= 15 is 0 Å². The number of carboxylic acid groups (broad SMARTS) is 1. The maximum atomic E-state index is 13.8. The molecule has 1 atom stereocenters. The molecule has 2 aromatic carbocycles. The lowest BCUT2D eigenvalue weighted by atomic mass is 9.88. The molecular formula is C17H17FO2. The minimum absolute atomic E-state index is 0.239. The van der Waals surface area contributed by atoms with Gasteiger partial charge in [0.1, 0.15) is 5.82 Å². The number of hydrogen-bond donors (Lipinski definition) is 1. The SMILES string of the molecule is Cc1cccc(C)c1CC(C(=O)O)c1ccccc1F. The molecule has 2 rings (SSSR count). The highest BCUT2D eigenvalue weighted by Gasteiger charge is 2.24. The van der Waals surface area contributed by atoms with E-state index < -0.39 is 17.7 Å². The highest BCUT2D eigenvalue weighted by Crippen LogP contribution is 2.26. The minimum atomic E-state index is -1.00. The van der Waals surface area contributed by atoms with Crippen LogP contribution in [0.4, 0.5) is 4.39 Å². The Bertz CT molecular complexity index is 614. The van der Waals surface area contributed by atoms with Gasteiger partial charge in [0.2, 0.25) is 0 Å². The van der Waals surface area contributed by atoms with Crippen LogP contribution < -0.4 is 0 Å². The van der Waals surface area contributed by atoms with E-state index in [-0.39, 0.29) is 5.56 Å². The lowest BCUT2D eigenvalue weighted by Crippen LogP contribution is -2.17. The van der Waals surface area contributed by atoms with Crippen LogP contribution in [0.15, 0.2) is 42.5 Å². The fourth-order valence-electron chi connectivity index (χ4n) is 2.46. The molecule has 0 saturated heterocycles. The first-order chi connectivity index (χ1) is 9.50. The summed E-state index contributed by atoms with van der Waals surface area (Å²) in [6.45, 7) is 3.89. The third-order valence-corrected chi connectivity index (χ3v) is 3.63. The molecule has 1 N–H and O–H groups in total. The summed E-state index contributed by atoms with van der Waals surface area (Å²) >= 11 is 0. The average Bonchev–Trinajstić information content (AvgIpc) is 2.39. The number of aryl methyl sites for hydroxylation is 2. The third-order valence-electron chi connectivity index (χ3n) is 3.63. The van der Waals surface area contributed by atoms with Gasteiger partial charge in [-0.3, -0.25) is 4.79 Å². The van der Waals surface area contributed by atoms with Gasteiger partial charge in [0, 0.05) is 5.56 Å². The van der Waals surface area contributed by atoms with Gasteiger partial charge in [-0.25, -0.2) is 4.39 Å². The summed E-state index contributed by atoms with van der Waals surface area (Å²) in [5, 5.41) is 9.43. The zero-order valence-electron chi connectivity index (χ0n) is 11.6. The number of carbonyl (C=O) groups is 1. The van der Waals surface area contributed by atoms with Crippen LogP contribution in [0.5, 0.6) is 0 Å². The van der Waals surface area contributed by atoms with Gasteiger partial charge in [-0.1, -0.05) is 36.4 Å². The minimum Gasteiger partial charge on any atom is -0.481 e. The molecule has 0 fully saturated rings. The fraction of sp³-hybridized carbons (Fsp3) is 0.235. The molecule has 0 aliphatic heterocycles. The zero-order chi connectivity index (χ0) is 14.7. The Hall–Kier alpha value is -2.16. The standard InChI is InChI=1S/C17H17FO2/c1-11-6-5-7-12(2)14(11)10-15(17(19)20)13-8-3-4-9-16(13)18/h3-9,15H,10H2,1-2H3,(H,19,20). The number of hydrogen-bond acceptors (Lipinski definition) is 1. The molecule has 0 saturated carbocycles. The highest BCUT2D eigenvalue weighted by atomic mass is 19.1. The number of halogens is 1. The van der Waals surface area contributed by atoms with E-state index in [1.54, 1.807) is 18.2 Å². The van der Waals surface area contributed by atoms with Crippen LogP contribution >= 0.6 is 0 Å². The van der Waals surface area contributed by atoms with Crippen molar-refractivity contribution in [2.75, 3.05) is 0 Å². The summed E-state index contributed by atoms with van der Waals surface area (Å²) in [6, 6.07) is 11.9. The number of carboxylic acids is 1. The van der Waals surface area contributed by atoms with Crippen molar-refractivity contribution in [3.63, 3.8) is 0 Å². The van der Waals surface area contributed by atoms with E-state index in [0.29, 0.717) is 6.42 Å². The second-order valence-corrected chi connectivity index (χ2v) is 4.99. The van der Waals surface area contributed by atoms with E-state index in [1.807, 2.05) is 32.0 Å². The summed E-state index contributed by atoms with van der Waals surface area (Å²) in [4.78, 5) is 11.5. The van der Waals surface area contributed by atoms with Gasteiger partial charge in [-0.05, 0) is 43.0 Å². The Morgan fingerprint density at radius 1 is 1.10 bits per heavy atom. The molecule has 3 heteroatoms. The van der Waals surface area contributed by atoms with Gasteiger partial charge >= 0.3 is 5.97 Å². The number of aliphatic carboxylic acids is 1. The van der Waals surface area contributed by atoms with Gasteiger partial charge in [0.25, 0.3) is 0 Å². The molecule has 0 spiro atoms. The fourth-order valence-corrected chi connectivity index (χ4v) is 2.46. The topological polar surface area (TPSA) is 37.3 Å². The van der Waals surface area contributed by atoms with Crippen molar-refractivity contribution in [2.24, 2.45) is 0 Å². The molecule has 0 radical (unpaired) electrons. The summed E-state index contributed by atoms with van der Waals surface area (Å²) < 4.78 is 13.8. The predicted molar refractivity (Wildman–Crippen MR) is 76.4 cm³/mol. The molecule has 0 aliphatic carbocycles. The Labute approximate surface area is 117 Å². The molecule has 0 amide bonds. The first-order valence-electron chi connectivity index (χ1n) is 6.53. The van der Waals surface area contributed by atoms with Crippen molar-refractivity contribution >= 4 is 5.97 Å². The van der Waals surface area contributed by atoms with Crippen molar-refractivity contribution in [1.29, 1.82) is 0 Å². The molecule has 20 heavy (non-hydrogen) atoms. The van der Waals surface area contributed by atoms with E-state index in [9.17, 15) is 14.3 Å². The monoisotopic (exact) mass is 272 g/mol. The molecular weight excluding hydrogens is 255 g/mol. The van der Waals surface area contributed by atoms with Crippen LogP contribution in [-0.4, -0.2) is 11.1 Å². The second kappa shape index (κ2) is 5.87. The van der Waals surface area contributed by atoms with Crippen molar-refractivity contribution in [3.05, 3.63) is 70.5 Å². The summed E-state index contributed by atoms with van der Waals surface area (Å²) in [6.07, 6.45) is 0.300. The molecule has 0 bridgehead atoms. The maximum Gasteiger partial charge on any atom is 0.311 e. The summed E-state index contributed by atoms with van der Waals surface area (Å²) in [5.41, 5.74) is 3.28. The smallest absolute Gasteiger partial charge is 0.311 e. The number of benzene rings is 2. The zero-order valence-corrected chi connectivity index (χ0v) is 11.6. The number of rotatable bonds is 4. The summed E-state index contributed by atoms with van der Waals surface area (Å²) in [5.74, 6) is -2.33. The van der Waals surface area contributed by atoms with Crippen LogP contribution in [0.1, 0.15) is 28.2 Å². The molecule has 1 unspecified atom stereocenters. The molecule has 2 nitrogen and oxygen atoms in total. The van der Waals surface area contributed by atoms with Crippen molar-refractivity contribution < 1.29 is 14.3 Å². The van der Waals surface area contributed by atoms with E-state index in [1.165, 1.54) is 6.07 Å². The van der Waals surface area contributed by atoms with Gasteiger partial charge in [-0.15, -0.1) is 0 Å². The van der Waals surface area contributed by atoms with Gasteiger partial charge < -0.3 is 5.11 Å². The van der Waals surface area contributed by atoms with Crippen LogP contribution in [0.25, 0.3) is 0 Å². The van der Waals surface area contributed by atoms with Crippen LogP contribution in [-0.2, 0) is 11.2 Å². The lowest BCUT2D eigenvalue weighted by Gasteiger charge is -2.17. The van der Waals surface area contributed by atoms with Gasteiger partial charge in [0.15, 0.2) is 0 Å². The lowest BCUT2D eigenvalue weighted by molar-refractivity contribution is -0.138. The van der Waals surface area contributed by atoms with Crippen molar-refractivity contribution in [2.45, 2.75) is 26.2 Å². The van der Waals surface area contributed by atoms with Crippen LogP contribution in [0.2, 0.25) is 0 Å². The molecule has 104 valence electrons. The highest BCUT2D eigenvalue weighted by molar-refractivity contribution is 5.76. The Balaban J connectivity index is 2.42. The molecule has 0 aliphatic rings. The predicted octanol–water partition coefficient (Wildman–Crippen LogP) is 3.85. The van der Waals surface area contributed by atoms with Crippen molar-refractivity contribution in [1.82, 2.24) is 0 Å². The van der Waals surface area contributed by atoms with Crippen LogP contribution in [0, 0.1) is 19.7 Å². The average molecular weight is 272 g/mol. The van der Waals surface area contributed by atoms with Crippen molar-refractivity contribution in [3.8, 4) is 0 Å². The first kappa shape index (κ1) is 14.3. The maximum absolute atomic E-state index is 13.8. The first-order valence-corrected chi connectivity index (χ1v) is 6.53. The molecule has 0 heterocycles. The quantitative estimate of drug-likeness (QED) is 0.917. The van der Waals surface area contributed by atoms with E-state index in [2.05, 4.69) is 0 Å². The largest absolute Gasteiger partial charge is 0.481 e.